The summed E-state index contributed by atoms with van der Waals surface area (Å²) in [5.41, 5.74) is -0.420. The molecule has 1 amide bonds. The molecule has 110 valence electrons. The SMILES string of the molecule is CC(C)(C)C12OOC3C(=O)NC=CC3=C1OCC2(C)C. The van der Waals surface area contributed by atoms with Gasteiger partial charge in [-0.3, -0.25) is 4.79 Å². The Morgan fingerprint density at radius 2 is 2.05 bits per heavy atom. The number of amides is 1. The van der Waals surface area contributed by atoms with Gasteiger partial charge in [-0.05, 0) is 6.08 Å². The van der Waals surface area contributed by atoms with Crippen LogP contribution < -0.4 is 5.32 Å². The lowest BCUT2D eigenvalue weighted by molar-refractivity contribution is -0.407. The summed E-state index contributed by atoms with van der Waals surface area (Å²) in [6, 6.07) is 0. The van der Waals surface area contributed by atoms with Gasteiger partial charge >= 0.3 is 0 Å². The standard InChI is InChI=1S/C15H21NO4/c1-13(2,3)15-11(18-8-14(15,4)5)9-6-7-16-12(17)10(9)19-20-15/h6-7,10H,8H2,1-5H3,(H,16,17). The molecule has 0 radical (unpaired) electrons. The fraction of sp³-hybridized carbons (Fsp3) is 0.667. The Labute approximate surface area is 118 Å². The third kappa shape index (κ3) is 1.48. The quantitative estimate of drug-likeness (QED) is 0.690. The molecule has 0 saturated carbocycles. The lowest BCUT2D eigenvalue weighted by Gasteiger charge is -2.49. The summed E-state index contributed by atoms with van der Waals surface area (Å²) >= 11 is 0. The van der Waals surface area contributed by atoms with E-state index in [1.807, 2.05) is 6.08 Å². The van der Waals surface area contributed by atoms with Gasteiger partial charge in [-0.25, -0.2) is 9.78 Å². The number of fused-ring (bicyclic) bond motifs is 2. The summed E-state index contributed by atoms with van der Waals surface area (Å²) in [7, 11) is 0. The van der Waals surface area contributed by atoms with E-state index in [1.165, 1.54) is 0 Å². The normalized spacial score (nSPS) is 35.2. The Morgan fingerprint density at radius 1 is 1.35 bits per heavy atom. The second-order valence-electron chi connectivity index (χ2n) is 7.29. The smallest absolute Gasteiger partial charge is 0.261 e. The molecule has 3 rings (SSSR count). The number of carbonyl (C=O) groups is 1. The first kappa shape index (κ1) is 13.6. The molecule has 3 aliphatic heterocycles. The van der Waals surface area contributed by atoms with Gasteiger partial charge in [0.05, 0.1) is 6.61 Å². The van der Waals surface area contributed by atoms with Crippen molar-refractivity contribution in [1.29, 1.82) is 0 Å². The summed E-state index contributed by atoms with van der Waals surface area (Å²) in [4.78, 5) is 23.2. The van der Waals surface area contributed by atoms with Crippen molar-refractivity contribution < 1.29 is 19.3 Å². The zero-order chi connectivity index (χ0) is 14.8. The van der Waals surface area contributed by atoms with Gasteiger partial charge in [0.1, 0.15) is 5.76 Å². The molecule has 1 fully saturated rings. The molecule has 0 aromatic rings. The van der Waals surface area contributed by atoms with Gasteiger partial charge in [0, 0.05) is 22.6 Å². The van der Waals surface area contributed by atoms with Crippen LogP contribution in [0.25, 0.3) is 0 Å². The maximum atomic E-state index is 11.9. The van der Waals surface area contributed by atoms with E-state index in [1.54, 1.807) is 6.20 Å². The molecule has 3 heterocycles. The first-order valence-corrected chi connectivity index (χ1v) is 6.90. The Bertz CT molecular complexity index is 526. The highest BCUT2D eigenvalue weighted by atomic mass is 17.2. The number of nitrogens with one attached hydrogen (secondary N) is 1. The van der Waals surface area contributed by atoms with Crippen molar-refractivity contribution in [3.63, 3.8) is 0 Å². The maximum Gasteiger partial charge on any atom is 0.261 e. The van der Waals surface area contributed by atoms with E-state index in [0.717, 1.165) is 11.3 Å². The lowest BCUT2D eigenvalue weighted by atomic mass is 9.61. The number of rotatable bonds is 0. The van der Waals surface area contributed by atoms with E-state index < -0.39 is 11.7 Å². The minimum atomic E-state index is -0.751. The van der Waals surface area contributed by atoms with Crippen LogP contribution in [0, 0.1) is 10.8 Å². The zero-order valence-corrected chi connectivity index (χ0v) is 12.6. The highest BCUT2D eigenvalue weighted by Crippen LogP contribution is 2.59. The second-order valence-corrected chi connectivity index (χ2v) is 7.29. The van der Waals surface area contributed by atoms with Gasteiger partial charge in [-0.2, -0.15) is 0 Å². The van der Waals surface area contributed by atoms with Crippen LogP contribution in [0.3, 0.4) is 0 Å². The summed E-state index contributed by atoms with van der Waals surface area (Å²) in [5, 5.41) is 2.62. The summed E-state index contributed by atoms with van der Waals surface area (Å²) in [6.45, 7) is 11.0. The third-order valence-electron chi connectivity index (χ3n) is 4.45. The predicted molar refractivity (Wildman–Crippen MR) is 72.2 cm³/mol. The van der Waals surface area contributed by atoms with Crippen LogP contribution in [-0.4, -0.2) is 24.2 Å². The van der Waals surface area contributed by atoms with Crippen molar-refractivity contribution >= 4 is 5.91 Å². The monoisotopic (exact) mass is 279 g/mol. The topological polar surface area (TPSA) is 56.8 Å². The molecule has 2 atom stereocenters. The Morgan fingerprint density at radius 3 is 2.70 bits per heavy atom. The lowest BCUT2D eigenvalue weighted by Crippen LogP contribution is -2.59. The molecular formula is C15H21NO4. The Balaban J connectivity index is 2.24. The van der Waals surface area contributed by atoms with E-state index in [9.17, 15) is 4.79 Å². The van der Waals surface area contributed by atoms with Crippen LogP contribution >= 0.6 is 0 Å². The number of ether oxygens (including phenoxy) is 1. The molecule has 0 spiro atoms. The molecule has 0 bridgehead atoms. The van der Waals surface area contributed by atoms with E-state index in [4.69, 9.17) is 14.5 Å². The zero-order valence-electron chi connectivity index (χ0n) is 12.6. The minimum absolute atomic E-state index is 0.231. The van der Waals surface area contributed by atoms with Crippen molar-refractivity contribution in [2.24, 2.45) is 10.8 Å². The highest BCUT2D eigenvalue weighted by molar-refractivity contribution is 5.87. The van der Waals surface area contributed by atoms with Crippen LogP contribution in [0.4, 0.5) is 0 Å². The van der Waals surface area contributed by atoms with Crippen molar-refractivity contribution in [2.45, 2.75) is 46.3 Å². The first-order chi connectivity index (χ1) is 9.21. The van der Waals surface area contributed by atoms with Crippen LogP contribution in [0.1, 0.15) is 34.6 Å². The van der Waals surface area contributed by atoms with Gasteiger partial charge in [0.15, 0.2) is 11.7 Å². The van der Waals surface area contributed by atoms with Gasteiger partial charge in [0.2, 0.25) is 0 Å². The molecule has 1 N–H and O–H groups in total. The number of hydrogen-bond donors (Lipinski definition) is 1. The average Bonchev–Trinajstić information content (AvgIpc) is 2.62. The third-order valence-corrected chi connectivity index (χ3v) is 4.45. The molecule has 0 aromatic carbocycles. The van der Waals surface area contributed by atoms with Crippen LogP contribution in [0.5, 0.6) is 0 Å². The second kappa shape index (κ2) is 3.86. The molecule has 5 nitrogen and oxygen atoms in total. The molecular weight excluding hydrogens is 258 g/mol. The molecule has 5 heteroatoms. The van der Waals surface area contributed by atoms with Crippen LogP contribution in [-0.2, 0) is 19.3 Å². The minimum Gasteiger partial charge on any atom is -0.494 e. The van der Waals surface area contributed by atoms with Crippen molar-refractivity contribution in [3.8, 4) is 0 Å². The Kier molecular flexibility index (Phi) is 2.63. The molecule has 2 unspecified atom stereocenters. The largest absolute Gasteiger partial charge is 0.494 e. The van der Waals surface area contributed by atoms with Crippen molar-refractivity contribution in [1.82, 2.24) is 5.32 Å². The Hall–Kier alpha value is -1.33. The van der Waals surface area contributed by atoms with Gasteiger partial charge in [-0.15, -0.1) is 0 Å². The molecule has 3 aliphatic rings. The molecule has 1 saturated heterocycles. The number of hydrogen-bond acceptors (Lipinski definition) is 4. The predicted octanol–water partition coefficient (Wildman–Crippen LogP) is 2.06. The van der Waals surface area contributed by atoms with E-state index in [0.29, 0.717) is 6.61 Å². The molecule has 0 aliphatic carbocycles. The van der Waals surface area contributed by atoms with Gasteiger partial charge in [-0.1, -0.05) is 34.6 Å². The van der Waals surface area contributed by atoms with Crippen LogP contribution in [0.15, 0.2) is 23.6 Å². The van der Waals surface area contributed by atoms with Gasteiger partial charge in [0.25, 0.3) is 5.91 Å². The van der Waals surface area contributed by atoms with Crippen molar-refractivity contribution in [3.05, 3.63) is 23.6 Å². The maximum absolute atomic E-state index is 11.9. The van der Waals surface area contributed by atoms with Crippen molar-refractivity contribution in [2.75, 3.05) is 6.61 Å². The number of carbonyl (C=O) groups excluding carboxylic acids is 1. The van der Waals surface area contributed by atoms with Crippen LogP contribution in [0.2, 0.25) is 0 Å². The van der Waals surface area contributed by atoms with E-state index >= 15 is 0 Å². The highest BCUT2D eigenvalue weighted by Gasteiger charge is 2.66. The summed E-state index contributed by atoms with van der Waals surface area (Å²) in [5.74, 6) is 0.503. The summed E-state index contributed by atoms with van der Waals surface area (Å²) < 4.78 is 5.96. The molecule has 20 heavy (non-hydrogen) atoms. The fourth-order valence-corrected chi connectivity index (χ4v) is 3.61. The van der Waals surface area contributed by atoms with Gasteiger partial charge < -0.3 is 10.1 Å². The average molecular weight is 279 g/mol. The molecule has 0 aromatic heterocycles. The fourth-order valence-electron chi connectivity index (χ4n) is 3.61. The van der Waals surface area contributed by atoms with E-state index in [-0.39, 0.29) is 16.7 Å². The van der Waals surface area contributed by atoms with E-state index in [2.05, 4.69) is 39.9 Å². The summed E-state index contributed by atoms with van der Waals surface area (Å²) in [6.07, 6.45) is 2.71. The first-order valence-electron chi connectivity index (χ1n) is 6.90.